The fourth-order valence-corrected chi connectivity index (χ4v) is 6.07. The number of ether oxygens (including phenoxy) is 1. The molecule has 1 aromatic rings. The zero-order valence-electron chi connectivity index (χ0n) is 22.2. The minimum absolute atomic E-state index is 0.00384. The highest BCUT2D eigenvalue weighted by Crippen LogP contribution is 2.53. The lowest BCUT2D eigenvalue weighted by Crippen LogP contribution is -2.65. The summed E-state index contributed by atoms with van der Waals surface area (Å²) in [5, 5.41) is 47.3. The number of phenolic OH excluding ortho intramolecular Hbond substituents is 1. The molecule has 7 N–H and O–H groups in total. The van der Waals surface area contributed by atoms with Crippen molar-refractivity contribution in [2.24, 2.45) is 17.6 Å². The summed E-state index contributed by atoms with van der Waals surface area (Å²) in [5.74, 6) is -8.39. The number of hydrogen-bond donors (Lipinski definition) is 6. The second-order valence-electron chi connectivity index (χ2n) is 10.8. The van der Waals surface area contributed by atoms with E-state index in [-0.39, 0.29) is 47.8 Å². The Bertz CT molecular complexity index is 1300. The zero-order chi connectivity index (χ0) is 29.0. The first kappa shape index (κ1) is 28.7. The number of rotatable bonds is 8. The van der Waals surface area contributed by atoms with Crippen molar-refractivity contribution < 1.29 is 43.9 Å². The van der Waals surface area contributed by atoms with E-state index < -0.39 is 69.6 Å². The maximum Gasteiger partial charge on any atom is 0.255 e. The standard InChI is InChI=1S/C27H34FN3O8/c1-11(2)39-6-5-30-10-13-9-16(32)18-14(20(13)28)7-12-8-15-21(31(3)4)23(34)19(26(29)37)25(36)27(15,38)24(35)17(12)22(18)33/h9,11-12,15,21,30,32-33,36,38H,5-8,10H2,1-4H3,(H2,29,37)/t12-,15-,21-,27-/m0/s1. The summed E-state index contributed by atoms with van der Waals surface area (Å²) in [6.07, 6.45) is -0.179. The molecule has 0 radical (unpaired) electrons. The highest BCUT2D eigenvalue weighted by Gasteiger charge is 2.64. The van der Waals surface area contributed by atoms with E-state index in [2.05, 4.69) is 5.32 Å². The van der Waals surface area contributed by atoms with Gasteiger partial charge in [0.05, 0.1) is 24.3 Å². The minimum Gasteiger partial charge on any atom is -0.508 e. The van der Waals surface area contributed by atoms with E-state index in [1.165, 1.54) is 19.0 Å². The van der Waals surface area contributed by atoms with Crippen LogP contribution in [0.3, 0.4) is 0 Å². The molecule has 12 heteroatoms. The number of carbonyl (C=O) groups excluding carboxylic acids is 3. The predicted molar refractivity (Wildman–Crippen MR) is 137 cm³/mol. The van der Waals surface area contributed by atoms with Crippen LogP contribution in [0, 0.1) is 17.7 Å². The Kier molecular flexibility index (Phi) is 7.60. The van der Waals surface area contributed by atoms with Crippen molar-refractivity contribution in [3.05, 3.63) is 45.5 Å². The number of phenols is 1. The normalized spacial score (nSPS) is 26.7. The van der Waals surface area contributed by atoms with Gasteiger partial charge in [-0.3, -0.25) is 19.3 Å². The number of likely N-dealkylation sites (N-methyl/N-ethyl adjacent to an activating group) is 1. The van der Waals surface area contributed by atoms with E-state index in [4.69, 9.17) is 10.5 Å². The number of fused-ring (bicyclic) bond motifs is 3. The monoisotopic (exact) mass is 547 g/mol. The van der Waals surface area contributed by atoms with Crippen molar-refractivity contribution in [2.45, 2.75) is 51.0 Å². The van der Waals surface area contributed by atoms with E-state index in [1.807, 2.05) is 13.8 Å². The van der Waals surface area contributed by atoms with E-state index >= 15 is 4.39 Å². The lowest BCUT2D eigenvalue weighted by molar-refractivity contribution is -0.153. The molecule has 39 heavy (non-hydrogen) atoms. The van der Waals surface area contributed by atoms with E-state index in [9.17, 15) is 34.8 Å². The molecule has 1 saturated carbocycles. The lowest BCUT2D eigenvalue weighted by atomic mass is 9.57. The minimum atomic E-state index is -2.74. The number of aromatic hydroxyl groups is 1. The van der Waals surface area contributed by atoms with Crippen LogP contribution in [0.15, 0.2) is 23.0 Å². The third-order valence-electron chi connectivity index (χ3n) is 7.77. The number of aliphatic hydroxyl groups is 3. The Morgan fingerprint density at radius 1 is 1.28 bits per heavy atom. The molecule has 4 atom stereocenters. The van der Waals surface area contributed by atoms with Crippen LogP contribution >= 0.6 is 0 Å². The number of benzene rings is 1. The highest BCUT2D eigenvalue weighted by molar-refractivity contribution is 6.24. The number of nitrogens with one attached hydrogen (secondary N) is 1. The first-order valence-electron chi connectivity index (χ1n) is 12.7. The molecule has 1 fully saturated rings. The Hall–Kier alpha value is -3.32. The average molecular weight is 548 g/mol. The fourth-order valence-electron chi connectivity index (χ4n) is 6.07. The molecule has 1 amide bonds. The summed E-state index contributed by atoms with van der Waals surface area (Å²) in [6.45, 7) is 4.70. The van der Waals surface area contributed by atoms with Crippen molar-refractivity contribution in [1.82, 2.24) is 10.2 Å². The zero-order valence-corrected chi connectivity index (χ0v) is 22.2. The van der Waals surface area contributed by atoms with Crippen LogP contribution in [0.25, 0.3) is 5.76 Å². The van der Waals surface area contributed by atoms with Crippen LogP contribution in [0.1, 0.15) is 37.0 Å². The maximum absolute atomic E-state index is 15.7. The quantitative estimate of drug-likeness (QED) is 0.199. The summed E-state index contributed by atoms with van der Waals surface area (Å²) >= 11 is 0. The lowest BCUT2D eigenvalue weighted by Gasteiger charge is -2.50. The van der Waals surface area contributed by atoms with Crippen molar-refractivity contribution in [3.8, 4) is 5.75 Å². The van der Waals surface area contributed by atoms with Gasteiger partial charge in [-0.1, -0.05) is 0 Å². The molecule has 3 aliphatic rings. The van der Waals surface area contributed by atoms with Crippen LogP contribution in [0.2, 0.25) is 0 Å². The summed E-state index contributed by atoms with van der Waals surface area (Å²) in [6, 6.07) is -0.0552. The molecule has 1 aromatic carbocycles. The molecule has 4 rings (SSSR count). The van der Waals surface area contributed by atoms with Gasteiger partial charge in [-0.15, -0.1) is 0 Å². The number of nitrogens with two attached hydrogens (primary N) is 1. The number of halogens is 1. The van der Waals surface area contributed by atoms with Crippen LogP contribution in [0.4, 0.5) is 4.39 Å². The summed E-state index contributed by atoms with van der Waals surface area (Å²) in [5.41, 5.74) is 1.22. The number of carbonyl (C=O) groups is 3. The Balaban J connectivity index is 1.78. The third-order valence-corrected chi connectivity index (χ3v) is 7.77. The molecule has 0 spiro atoms. The number of amides is 1. The van der Waals surface area contributed by atoms with Crippen LogP contribution < -0.4 is 11.1 Å². The second-order valence-corrected chi connectivity index (χ2v) is 10.8. The molecular weight excluding hydrogens is 513 g/mol. The molecule has 3 aliphatic carbocycles. The SMILES string of the molecule is CC(C)OCCNCc1cc(O)c2c(c1F)C[C@H]1C[C@H]3[C@H](N(C)C)C(=O)C(C(N)=O)=C(O)[C@@]3(O)C(=O)C1=C2O. The van der Waals surface area contributed by atoms with Gasteiger partial charge in [0.15, 0.2) is 11.4 Å². The molecule has 0 aromatic heterocycles. The Morgan fingerprint density at radius 2 is 1.95 bits per heavy atom. The predicted octanol–water partition coefficient (Wildman–Crippen LogP) is 0.618. The molecule has 0 aliphatic heterocycles. The summed E-state index contributed by atoms with van der Waals surface area (Å²) < 4.78 is 21.1. The summed E-state index contributed by atoms with van der Waals surface area (Å²) in [4.78, 5) is 40.3. The van der Waals surface area contributed by atoms with Crippen LogP contribution in [0.5, 0.6) is 5.75 Å². The number of nitrogens with zero attached hydrogens (tertiary/aromatic N) is 1. The topological polar surface area (TPSA) is 183 Å². The molecule has 212 valence electrons. The fraction of sp³-hybridized carbons (Fsp3) is 0.519. The maximum atomic E-state index is 15.7. The molecule has 0 heterocycles. The van der Waals surface area contributed by atoms with Gasteiger partial charge in [-0.25, -0.2) is 4.39 Å². The molecule has 0 bridgehead atoms. The smallest absolute Gasteiger partial charge is 0.255 e. The Morgan fingerprint density at radius 3 is 2.54 bits per heavy atom. The molecule has 0 unspecified atom stereocenters. The number of primary amides is 1. The van der Waals surface area contributed by atoms with Crippen molar-refractivity contribution in [3.63, 3.8) is 0 Å². The largest absolute Gasteiger partial charge is 0.508 e. The van der Waals surface area contributed by atoms with E-state index in [1.54, 1.807) is 0 Å². The van der Waals surface area contributed by atoms with Crippen molar-refractivity contribution in [1.29, 1.82) is 0 Å². The summed E-state index contributed by atoms with van der Waals surface area (Å²) in [7, 11) is 3.02. The van der Waals surface area contributed by atoms with Gasteiger partial charge >= 0.3 is 0 Å². The van der Waals surface area contributed by atoms with Gasteiger partial charge in [0.1, 0.15) is 28.7 Å². The van der Waals surface area contributed by atoms with Gasteiger partial charge in [0.2, 0.25) is 5.78 Å². The van der Waals surface area contributed by atoms with Crippen LogP contribution in [-0.2, 0) is 32.1 Å². The molecule has 0 saturated heterocycles. The number of ketones is 2. The number of hydrogen-bond acceptors (Lipinski definition) is 10. The van der Waals surface area contributed by atoms with Crippen LogP contribution in [-0.4, -0.2) is 87.8 Å². The van der Waals surface area contributed by atoms with E-state index in [0.717, 1.165) is 6.07 Å². The van der Waals surface area contributed by atoms with Gasteiger partial charge < -0.3 is 36.2 Å². The molecular formula is C27H34FN3O8. The second kappa shape index (κ2) is 10.3. The number of Topliss-reactive ketones (excluding diaryl/α,β-unsaturated/α-hetero) is 2. The van der Waals surface area contributed by atoms with Gasteiger partial charge in [-0.05, 0) is 52.8 Å². The van der Waals surface area contributed by atoms with Gasteiger partial charge in [-0.2, -0.15) is 0 Å². The van der Waals surface area contributed by atoms with Gasteiger partial charge in [0.25, 0.3) is 5.91 Å². The first-order chi connectivity index (χ1) is 18.2. The van der Waals surface area contributed by atoms with Gasteiger partial charge in [0, 0.05) is 35.7 Å². The van der Waals surface area contributed by atoms with Crippen molar-refractivity contribution in [2.75, 3.05) is 27.2 Å². The Labute approximate surface area is 224 Å². The van der Waals surface area contributed by atoms with Crippen molar-refractivity contribution >= 4 is 23.2 Å². The molecule has 11 nitrogen and oxygen atoms in total. The highest BCUT2D eigenvalue weighted by atomic mass is 19.1. The van der Waals surface area contributed by atoms with E-state index in [0.29, 0.717) is 13.2 Å². The number of aliphatic hydroxyl groups excluding tert-OH is 2. The average Bonchev–Trinajstić information content (AvgIpc) is 2.83. The first-order valence-corrected chi connectivity index (χ1v) is 12.7. The third kappa shape index (κ3) is 4.50.